The van der Waals surface area contributed by atoms with Crippen LogP contribution in [0.15, 0.2) is 48.5 Å². The molecule has 48 heavy (non-hydrogen) atoms. The topological polar surface area (TPSA) is 90.9 Å². The molecular formula is C39H56O9. The number of carbonyl (C=O) groups is 1. The second-order valence-corrected chi connectivity index (χ2v) is 13.6. The fraction of sp³-hybridized carbons (Fsp3) is 0.667. The van der Waals surface area contributed by atoms with Crippen LogP contribution in [0.2, 0.25) is 0 Å². The van der Waals surface area contributed by atoms with Crippen LogP contribution in [0.1, 0.15) is 79.3 Å². The van der Waals surface area contributed by atoms with Crippen molar-refractivity contribution < 1.29 is 42.7 Å². The number of hydrogen-bond donors (Lipinski definition) is 0. The molecule has 0 bridgehead atoms. The number of benzene rings is 2. The predicted molar refractivity (Wildman–Crippen MR) is 182 cm³/mol. The van der Waals surface area contributed by atoms with E-state index in [0.29, 0.717) is 83.2 Å². The third-order valence-corrected chi connectivity index (χ3v) is 10.7. The summed E-state index contributed by atoms with van der Waals surface area (Å²) in [4.78, 5) is 14.3. The maximum Gasteiger partial charge on any atom is 0.188 e. The molecule has 3 aliphatic carbocycles. The predicted octanol–water partition coefficient (Wildman–Crippen LogP) is 6.82. The Kier molecular flexibility index (Phi) is 14.7. The van der Waals surface area contributed by atoms with Gasteiger partial charge in [0.2, 0.25) is 0 Å². The van der Waals surface area contributed by atoms with Crippen molar-refractivity contribution in [1.29, 1.82) is 0 Å². The van der Waals surface area contributed by atoms with Crippen LogP contribution in [0.5, 0.6) is 5.75 Å². The zero-order chi connectivity index (χ0) is 33.6. The van der Waals surface area contributed by atoms with Crippen molar-refractivity contribution >= 4 is 5.78 Å². The van der Waals surface area contributed by atoms with Gasteiger partial charge in [-0.05, 0) is 85.0 Å². The summed E-state index contributed by atoms with van der Waals surface area (Å²) in [6, 6.07) is 16.2. The van der Waals surface area contributed by atoms with Gasteiger partial charge in [-0.25, -0.2) is 0 Å². The summed E-state index contributed by atoms with van der Waals surface area (Å²) < 4.78 is 45.1. The summed E-state index contributed by atoms with van der Waals surface area (Å²) in [6.45, 7) is 7.40. The molecule has 5 rings (SSSR count). The fourth-order valence-corrected chi connectivity index (χ4v) is 8.47. The van der Waals surface area contributed by atoms with Crippen LogP contribution in [-0.2, 0) is 39.8 Å². The van der Waals surface area contributed by atoms with E-state index in [4.69, 9.17) is 37.9 Å². The van der Waals surface area contributed by atoms with Gasteiger partial charge in [-0.1, -0.05) is 49.7 Å². The molecule has 9 heteroatoms. The minimum absolute atomic E-state index is 0.0157. The summed E-state index contributed by atoms with van der Waals surface area (Å²) in [5.74, 6) is 2.07. The lowest BCUT2D eigenvalue weighted by Crippen LogP contribution is -2.49. The Morgan fingerprint density at radius 1 is 0.771 bits per heavy atom. The zero-order valence-electron chi connectivity index (χ0n) is 29.2. The lowest BCUT2D eigenvalue weighted by atomic mass is 9.51. The lowest BCUT2D eigenvalue weighted by Gasteiger charge is -2.53. The number of ketones is 1. The van der Waals surface area contributed by atoms with E-state index in [1.807, 2.05) is 30.3 Å². The summed E-state index contributed by atoms with van der Waals surface area (Å²) in [7, 11) is 3.29. The smallest absolute Gasteiger partial charge is 0.188 e. The molecule has 0 spiro atoms. The average molecular weight is 669 g/mol. The first-order valence-corrected chi connectivity index (χ1v) is 17.8. The van der Waals surface area contributed by atoms with E-state index in [1.54, 1.807) is 14.2 Å². The van der Waals surface area contributed by atoms with Crippen LogP contribution in [0.3, 0.4) is 0 Å². The number of ether oxygens (including phenoxy) is 8. The van der Waals surface area contributed by atoms with Crippen LogP contribution in [0.25, 0.3) is 0 Å². The van der Waals surface area contributed by atoms with Gasteiger partial charge in [0.1, 0.15) is 12.5 Å². The largest absolute Gasteiger partial charge is 0.468 e. The van der Waals surface area contributed by atoms with E-state index in [-0.39, 0.29) is 30.0 Å². The molecule has 2 fully saturated rings. The second kappa shape index (κ2) is 19.1. The first-order valence-electron chi connectivity index (χ1n) is 17.8. The number of unbranched alkanes of at least 4 members (excludes halogenated alkanes) is 1. The Bertz CT molecular complexity index is 1240. The highest BCUT2D eigenvalue weighted by atomic mass is 16.7. The minimum atomic E-state index is -0.0157. The summed E-state index contributed by atoms with van der Waals surface area (Å²) in [6.07, 6.45) is 7.18. The quantitative estimate of drug-likeness (QED) is 0.0991. The molecule has 1 unspecified atom stereocenters. The van der Waals surface area contributed by atoms with E-state index < -0.39 is 0 Å². The van der Waals surface area contributed by atoms with Crippen molar-refractivity contribution in [3.63, 3.8) is 0 Å². The van der Waals surface area contributed by atoms with Crippen LogP contribution in [0.4, 0.5) is 0 Å². The molecule has 0 radical (unpaired) electrons. The molecule has 0 N–H and O–H groups in total. The number of carbonyl (C=O) groups excluding carboxylic acids is 1. The fourth-order valence-electron chi connectivity index (χ4n) is 8.47. The zero-order valence-corrected chi connectivity index (χ0v) is 29.2. The van der Waals surface area contributed by atoms with Crippen LogP contribution >= 0.6 is 0 Å². The highest BCUT2D eigenvalue weighted by Crippen LogP contribution is 2.63. The van der Waals surface area contributed by atoms with Gasteiger partial charge >= 0.3 is 0 Å². The number of fused-ring (bicyclic) bond motifs is 5. The van der Waals surface area contributed by atoms with Gasteiger partial charge in [-0.2, -0.15) is 0 Å². The van der Waals surface area contributed by atoms with Gasteiger partial charge in [-0.3, -0.25) is 4.79 Å². The highest BCUT2D eigenvalue weighted by Gasteiger charge is 2.58. The van der Waals surface area contributed by atoms with Gasteiger partial charge in [0.25, 0.3) is 0 Å². The molecular weight excluding hydrogens is 612 g/mol. The van der Waals surface area contributed by atoms with Crippen molar-refractivity contribution in [2.45, 2.75) is 70.5 Å². The van der Waals surface area contributed by atoms with E-state index in [9.17, 15) is 4.79 Å². The van der Waals surface area contributed by atoms with Crippen LogP contribution < -0.4 is 4.74 Å². The molecule has 266 valence electrons. The molecule has 2 aromatic rings. The molecule has 0 amide bonds. The maximum absolute atomic E-state index is 14.3. The van der Waals surface area contributed by atoms with E-state index in [2.05, 4.69) is 25.1 Å². The number of rotatable bonds is 22. The van der Waals surface area contributed by atoms with Crippen molar-refractivity contribution in [3.8, 4) is 5.75 Å². The molecule has 2 aromatic carbocycles. The number of Topliss-reactive ketones (excluding diaryl/α,β-unsaturated/α-hetero) is 1. The van der Waals surface area contributed by atoms with E-state index in [1.165, 1.54) is 5.56 Å². The van der Waals surface area contributed by atoms with Crippen LogP contribution in [-0.4, -0.2) is 85.9 Å². The Morgan fingerprint density at radius 2 is 1.48 bits per heavy atom. The molecule has 9 nitrogen and oxygen atoms in total. The van der Waals surface area contributed by atoms with E-state index in [0.717, 1.165) is 56.1 Å². The average Bonchev–Trinajstić information content (AvgIpc) is 3.45. The normalized spacial score (nSPS) is 26.2. The Hall–Kier alpha value is -2.37. The SMILES string of the molecule is COCOc1ccc2c(c1)C(=O)C(CCCCOCCOCCOCCOCc1ccccc1)[C@@H]1[C@@H]2CC[C@]2(C)[C@@H](OCOC)CC[C@@H]12. The van der Waals surface area contributed by atoms with Gasteiger partial charge < -0.3 is 37.9 Å². The summed E-state index contributed by atoms with van der Waals surface area (Å²) in [5, 5.41) is 0. The Labute approximate surface area is 286 Å². The third-order valence-electron chi connectivity index (χ3n) is 10.7. The number of methoxy groups -OCH3 is 2. The summed E-state index contributed by atoms with van der Waals surface area (Å²) in [5.41, 5.74) is 3.25. The van der Waals surface area contributed by atoms with Gasteiger partial charge in [0, 0.05) is 32.3 Å². The third kappa shape index (κ3) is 9.44. The van der Waals surface area contributed by atoms with Gasteiger partial charge in [-0.15, -0.1) is 0 Å². The van der Waals surface area contributed by atoms with Gasteiger partial charge in [0.05, 0.1) is 52.4 Å². The first kappa shape index (κ1) is 36.9. The second-order valence-electron chi connectivity index (χ2n) is 13.6. The monoisotopic (exact) mass is 668 g/mol. The molecule has 2 saturated carbocycles. The Morgan fingerprint density at radius 3 is 2.21 bits per heavy atom. The van der Waals surface area contributed by atoms with Crippen molar-refractivity contribution in [3.05, 3.63) is 65.2 Å². The first-order chi connectivity index (χ1) is 23.6. The number of hydrogen-bond acceptors (Lipinski definition) is 9. The molecule has 0 saturated heterocycles. The summed E-state index contributed by atoms with van der Waals surface area (Å²) >= 11 is 0. The standard InChI is InChI=1S/C39H56O9/c1-39-17-16-32-31-13-12-30(47-27-41-2)25-34(31)38(40)33(37(32)35(39)14-15-36(39)48-28-42-3)11-7-8-18-43-19-20-44-21-22-45-23-24-46-26-29-9-5-4-6-10-29/h4-6,9-10,12-13,25,32-33,35-37H,7-8,11,14-24,26-28H2,1-3H3/t32-,33?,35+,36+,37+,39+/m1/s1. The molecule has 0 aromatic heterocycles. The lowest BCUT2D eigenvalue weighted by molar-refractivity contribution is -0.127. The van der Waals surface area contributed by atoms with Crippen molar-refractivity contribution in [1.82, 2.24) is 0 Å². The van der Waals surface area contributed by atoms with Crippen molar-refractivity contribution in [2.75, 3.05) is 74.1 Å². The highest BCUT2D eigenvalue weighted by molar-refractivity contribution is 6.01. The van der Waals surface area contributed by atoms with Gasteiger partial charge in [0.15, 0.2) is 12.6 Å². The Balaban J connectivity index is 1.04. The molecule has 0 heterocycles. The molecule has 6 atom stereocenters. The van der Waals surface area contributed by atoms with E-state index >= 15 is 0 Å². The van der Waals surface area contributed by atoms with Crippen LogP contribution in [0, 0.1) is 23.2 Å². The molecule has 0 aliphatic heterocycles. The minimum Gasteiger partial charge on any atom is -0.468 e. The van der Waals surface area contributed by atoms with Crippen molar-refractivity contribution in [2.24, 2.45) is 23.2 Å². The maximum atomic E-state index is 14.3. The molecule has 3 aliphatic rings.